The molecule has 1 heterocycles. The second kappa shape index (κ2) is 5.18. The highest BCUT2D eigenvalue weighted by molar-refractivity contribution is 6.30. The van der Waals surface area contributed by atoms with Crippen molar-refractivity contribution in [2.75, 3.05) is 13.2 Å². The van der Waals surface area contributed by atoms with Crippen LogP contribution in [0.25, 0.3) is 0 Å². The van der Waals surface area contributed by atoms with Crippen LogP contribution in [0.1, 0.15) is 10.5 Å². The molecule has 1 aromatic rings. The standard InChI is InChI=1S/C9H9ClF2N2O2/c10-6-1-2-13-7(3-6)8(16)14-4-9(11,12)5-15/h1-3,15H,4-5H2,(H,14,16). The third kappa shape index (κ3) is 3.71. The molecule has 0 unspecified atom stereocenters. The van der Waals surface area contributed by atoms with E-state index in [4.69, 9.17) is 16.7 Å². The normalized spacial score (nSPS) is 11.2. The molecule has 0 atom stereocenters. The van der Waals surface area contributed by atoms with E-state index in [9.17, 15) is 13.6 Å². The van der Waals surface area contributed by atoms with Gasteiger partial charge in [0.15, 0.2) is 0 Å². The monoisotopic (exact) mass is 250 g/mol. The Labute approximate surface area is 95.3 Å². The van der Waals surface area contributed by atoms with Crippen molar-refractivity contribution in [3.63, 3.8) is 0 Å². The molecule has 1 aromatic heterocycles. The van der Waals surface area contributed by atoms with Crippen LogP contribution < -0.4 is 5.32 Å². The highest BCUT2D eigenvalue weighted by Crippen LogP contribution is 2.11. The molecule has 0 aromatic carbocycles. The van der Waals surface area contributed by atoms with E-state index in [0.717, 1.165) is 0 Å². The molecule has 0 spiro atoms. The maximum atomic E-state index is 12.6. The zero-order chi connectivity index (χ0) is 12.2. The minimum Gasteiger partial charge on any atom is -0.390 e. The van der Waals surface area contributed by atoms with E-state index in [1.165, 1.54) is 18.3 Å². The molecular weight excluding hydrogens is 242 g/mol. The van der Waals surface area contributed by atoms with Gasteiger partial charge < -0.3 is 10.4 Å². The van der Waals surface area contributed by atoms with Crippen LogP contribution in [-0.4, -0.2) is 35.1 Å². The first-order chi connectivity index (χ1) is 7.44. The second-order valence-electron chi connectivity index (χ2n) is 3.06. The second-order valence-corrected chi connectivity index (χ2v) is 3.49. The van der Waals surface area contributed by atoms with Crippen molar-refractivity contribution < 1.29 is 18.7 Å². The van der Waals surface area contributed by atoms with Gasteiger partial charge in [-0.3, -0.25) is 9.78 Å². The first-order valence-electron chi connectivity index (χ1n) is 4.33. The zero-order valence-electron chi connectivity index (χ0n) is 8.08. The molecule has 0 saturated heterocycles. The van der Waals surface area contributed by atoms with Crippen molar-refractivity contribution in [2.24, 2.45) is 0 Å². The molecule has 4 nitrogen and oxygen atoms in total. The number of aliphatic hydroxyl groups is 1. The average molecular weight is 251 g/mol. The average Bonchev–Trinajstić information content (AvgIpc) is 2.26. The molecule has 0 bridgehead atoms. The Morgan fingerprint density at radius 3 is 2.88 bits per heavy atom. The van der Waals surface area contributed by atoms with Gasteiger partial charge in [-0.1, -0.05) is 11.6 Å². The van der Waals surface area contributed by atoms with E-state index in [1.54, 1.807) is 0 Å². The highest BCUT2D eigenvalue weighted by atomic mass is 35.5. The van der Waals surface area contributed by atoms with E-state index < -0.39 is 25.0 Å². The topological polar surface area (TPSA) is 62.2 Å². The van der Waals surface area contributed by atoms with Gasteiger partial charge in [-0.2, -0.15) is 0 Å². The van der Waals surface area contributed by atoms with Gasteiger partial charge >= 0.3 is 0 Å². The van der Waals surface area contributed by atoms with E-state index in [-0.39, 0.29) is 10.7 Å². The molecule has 0 aliphatic heterocycles. The number of nitrogens with one attached hydrogen (secondary N) is 1. The van der Waals surface area contributed by atoms with Crippen LogP contribution in [-0.2, 0) is 0 Å². The molecule has 16 heavy (non-hydrogen) atoms. The van der Waals surface area contributed by atoms with Crippen molar-refractivity contribution >= 4 is 17.5 Å². The van der Waals surface area contributed by atoms with Crippen molar-refractivity contribution in [1.29, 1.82) is 0 Å². The Morgan fingerprint density at radius 1 is 1.62 bits per heavy atom. The Bertz CT molecular complexity index is 388. The number of carbonyl (C=O) groups is 1. The molecule has 7 heteroatoms. The van der Waals surface area contributed by atoms with Gasteiger partial charge in [-0.05, 0) is 12.1 Å². The lowest BCUT2D eigenvalue weighted by Gasteiger charge is -2.13. The van der Waals surface area contributed by atoms with Gasteiger partial charge in [-0.25, -0.2) is 8.78 Å². The summed E-state index contributed by atoms with van der Waals surface area (Å²) in [4.78, 5) is 15.0. The van der Waals surface area contributed by atoms with Gasteiger partial charge in [0.05, 0.1) is 6.54 Å². The summed E-state index contributed by atoms with van der Waals surface area (Å²) in [6.07, 6.45) is 1.29. The number of halogens is 3. The number of nitrogens with zero attached hydrogens (tertiary/aromatic N) is 1. The smallest absolute Gasteiger partial charge is 0.287 e. The lowest BCUT2D eigenvalue weighted by Crippen LogP contribution is -2.39. The quantitative estimate of drug-likeness (QED) is 0.841. The SMILES string of the molecule is O=C(NCC(F)(F)CO)c1cc(Cl)ccn1. The summed E-state index contributed by atoms with van der Waals surface area (Å²) in [6, 6.07) is 2.72. The Morgan fingerprint density at radius 2 is 2.31 bits per heavy atom. The minimum absolute atomic E-state index is 0.0544. The van der Waals surface area contributed by atoms with Crippen LogP contribution in [0.4, 0.5) is 8.78 Å². The maximum absolute atomic E-state index is 12.6. The summed E-state index contributed by atoms with van der Waals surface area (Å²) in [5, 5.41) is 10.5. The van der Waals surface area contributed by atoms with E-state index in [0.29, 0.717) is 0 Å². The fourth-order valence-corrected chi connectivity index (χ4v) is 1.04. The molecule has 0 radical (unpaired) electrons. The molecule has 0 aliphatic carbocycles. The van der Waals surface area contributed by atoms with Crippen LogP contribution in [0.3, 0.4) is 0 Å². The highest BCUT2D eigenvalue weighted by Gasteiger charge is 2.28. The van der Waals surface area contributed by atoms with Gasteiger partial charge in [-0.15, -0.1) is 0 Å². The minimum atomic E-state index is -3.34. The molecule has 1 rings (SSSR count). The van der Waals surface area contributed by atoms with Crippen molar-refractivity contribution in [3.8, 4) is 0 Å². The number of hydrogen-bond acceptors (Lipinski definition) is 3. The Balaban J connectivity index is 2.60. The number of carbonyl (C=O) groups excluding carboxylic acids is 1. The van der Waals surface area contributed by atoms with E-state index >= 15 is 0 Å². The third-order valence-electron chi connectivity index (χ3n) is 1.69. The molecule has 0 aliphatic rings. The van der Waals surface area contributed by atoms with Crippen molar-refractivity contribution in [2.45, 2.75) is 5.92 Å². The van der Waals surface area contributed by atoms with Crippen LogP contribution in [0, 0.1) is 0 Å². The summed E-state index contributed by atoms with van der Waals surface area (Å²) >= 11 is 5.60. The largest absolute Gasteiger partial charge is 0.390 e. The lowest BCUT2D eigenvalue weighted by atomic mass is 10.3. The van der Waals surface area contributed by atoms with Gasteiger partial charge in [0.25, 0.3) is 11.8 Å². The number of rotatable bonds is 4. The summed E-state index contributed by atoms with van der Waals surface area (Å²) in [5.41, 5.74) is -0.0544. The summed E-state index contributed by atoms with van der Waals surface area (Å²) in [7, 11) is 0. The predicted octanol–water partition coefficient (Wildman–Crippen LogP) is 1.09. The summed E-state index contributed by atoms with van der Waals surface area (Å²) in [6.45, 7) is -2.27. The fourth-order valence-electron chi connectivity index (χ4n) is 0.885. The van der Waals surface area contributed by atoms with E-state index in [1.807, 2.05) is 5.32 Å². The maximum Gasteiger partial charge on any atom is 0.287 e. The first kappa shape index (κ1) is 12.8. The molecule has 0 saturated carbocycles. The molecule has 2 N–H and O–H groups in total. The number of aromatic nitrogens is 1. The van der Waals surface area contributed by atoms with Crippen LogP contribution in [0.5, 0.6) is 0 Å². The van der Waals surface area contributed by atoms with Crippen LogP contribution >= 0.6 is 11.6 Å². The number of alkyl halides is 2. The van der Waals surface area contributed by atoms with Crippen molar-refractivity contribution in [3.05, 3.63) is 29.0 Å². The summed E-state index contributed by atoms with van der Waals surface area (Å²) < 4.78 is 25.2. The lowest BCUT2D eigenvalue weighted by molar-refractivity contribution is -0.0462. The fraction of sp³-hybridized carbons (Fsp3) is 0.333. The van der Waals surface area contributed by atoms with Crippen LogP contribution in [0.15, 0.2) is 18.3 Å². The van der Waals surface area contributed by atoms with Gasteiger partial charge in [0.1, 0.15) is 12.3 Å². The Kier molecular flexibility index (Phi) is 4.14. The molecule has 1 amide bonds. The van der Waals surface area contributed by atoms with Crippen LogP contribution in [0.2, 0.25) is 5.02 Å². The number of pyridine rings is 1. The number of hydrogen-bond donors (Lipinski definition) is 2. The molecular formula is C9H9ClF2N2O2. The number of aliphatic hydroxyl groups excluding tert-OH is 1. The predicted molar refractivity (Wildman–Crippen MR) is 53.6 cm³/mol. The molecule has 0 fully saturated rings. The van der Waals surface area contributed by atoms with Crippen molar-refractivity contribution in [1.82, 2.24) is 10.3 Å². The Hall–Kier alpha value is -1.27. The summed E-state index contributed by atoms with van der Waals surface area (Å²) in [5.74, 6) is -4.11. The number of amides is 1. The van der Waals surface area contributed by atoms with Gasteiger partial charge in [0.2, 0.25) is 0 Å². The molecule has 88 valence electrons. The third-order valence-corrected chi connectivity index (χ3v) is 1.93. The zero-order valence-corrected chi connectivity index (χ0v) is 8.84. The van der Waals surface area contributed by atoms with Gasteiger partial charge in [0, 0.05) is 11.2 Å². The first-order valence-corrected chi connectivity index (χ1v) is 4.71. The van der Waals surface area contributed by atoms with E-state index in [2.05, 4.69) is 4.98 Å².